The minimum atomic E-state index is -1.22. The molecule has 14 nitrogen and oxygen atoms in total. The molecule has 0 aromatic rings. The Bertz CT molecular complexity index is 1080. The van der Waals surface area contributed by atoms with Crippen LogP contribution < -0.4 is 21.3 Å². The van der Waals surface area contributed by atoms with E-state index in [0.717, 1.165) is 38.5 Å². The molecular weight excluding hydrogens is 660 g/mol. The van der Waals surface area contributed by atoms with E-state index >= 15 is 0 Å². The van der Waals surface area contributed by atoms with Crippen molar-refractivity contribution in [3.63, 3.8) is 0 Å². The van der Waals surface area contributed by atoms with Crippen molar-refractivity contribution < 1.29 is 48.1 Å². The third kappa shape index (κ3) is 32.0. The summed E-state index contributed by atoms with van der Waals surface area (Å²) >= 11 is 0. The zero-order valence-electron chi connectivity index (χ0n) is 32.0. The molecule has 4 amide bonds. The lowest BCUT2D eigenvalue weighted by Gasteiger charge is -2.24. The standard InChI is InChI=1S/C37H66N4O10/c1-36(2,3)50-34(48)22-20-18-16-14-12-10-8-7-9-11-13-15-17-19-21-30(43)41-28(35(49)51-37(4,5)6)23-24-29(42)38-25-31(44)39-26-32(45)40-27-33(46)47/h28H,7-27H2,1-6H3,(H,38,42)(H,39,44)(H,40,45)(H,41,43)(H,46,47)/t28-/m0/s1. The normalized spacial score (nSPS) is 12.0. The fraction of sp³-hybridized carbons (Fsp3) is 0.811. The number of ether oxygens (including phenoxy) is 2. The van der Waals surface area contributed by atoms with E-state index in [9.17, 15) is 33.6 Å². The minimum Gasteiger partial charge on any atom is -0.480 e. The highest BCUT2D eigenvalue weighted by Crippen LogP contribution is 2.16. The highest BCUT2D eigenvalue weighted by atomic mass is 16.6. The van der Waals surface area contributed by atoms with Gasteiger partial charge in [0.1, 0.15) is 23.8 Å². The average molecular weight is 727 g/mol. The molecule has 0 aliphatic heterocycles. The van der Waals surface area contributed by atoms with Crippen molar-refractivity contribution >= 4 is 41.5 Å². The zero-order chi connectivity index (χ0) is 38.7. The SMILES string of the molecule is CC(C)(C)OC(=O)CCCCCCCCCCCCCCCCC(=O)N[C@@H](CCC(=O)NCC(=O)NCC(=O)NCC(=O)O)C(=O)OC(C)(C)C. The van der Waals surface area contributed by atoms with E-state index in [1.54, 1.807) is 20.8 Å². The van der Waals surface area contributed by atoms with Crippen molar-refractivity contribution in [2.75, 3.05) is 19.6 Å². The van der Waals surface area contributed by atoms with Crippen molar-refractivity contribution in [3.8, 4) is 0 Å². The predicted molar refractivity (Wildman–Crippen MR) is 193 cm³/mol. The van der Waals surface area contributed by atoms with Gasteiger partial charge in [-0.25, -0.2) is 4.79 Å². The third-order valence-corrected chi connectivity index (χ3v) is 7.47. The summed E-state index contributed by atoms with van der Waals surface area (Å²) in [5, 5.41) is 18.0. The molecule has 0 spiro atoms. The summed E-state index contributed by atoms with van der Waals surface area (Å²) in [6.45, 7) is 9.34. The number of rotatable bonds is 28. The van der Waals surface area contributed by atoms with Gasteiger partial charge in [-0.15, -0.1) is 0 Å². The fourth-order valence-electron chi connectivity index (χ4n) is 4.98. The first-order chi connectivity index (χ1) is 23.9. The molecule has 0 rings (SSSR count). The third-order valence-electron chi connectivity index (χ3n) is 7.47. The van der Waals surface area contributed by atoms with Crippen LogP contribution in [-0.4, -0.2) is 83.5 Å². The maximum absolute atomic E-state index is 12.8. The Hall–Kier alpha value is -3.71. The number of carbonyl (C=O) groups is 7. The van der Waals surface area contributed by atoms with Crippen LogP contribution in [0.3, 0.4) is 0 Å². The summed E-state index contributed by atoms with van der Waals surface area (Å²) in [4.78, 5) is 83.3. The van der Waals surface area contributed by atoms with Gasteiger partial charge in [0, 0.05) is 19.3 Å². The van der Waals surface area contributed by atoms with E-state index in [0.29, 0.717) is 12.8 Å². The quantitative estimate of drug-likeness (QED) is 0.0559. The molecule has 0 radical (unpaired) electrons. The van der Waals surface area contributed by atoms with E-state index in [1.807, 2.05) is 20.8 Å². The Morgan fingerprint density at radius 2 is 0.882 bits per heavy atom. The summed E-state index contributed by atoms with van der Waals surface area (Å²) in [5.74, 6) is -4.16. The number of carboxylic acid groups (broad SMARTS) is 1. The molecule has 0 unspecified atom stereocenters. The van der Waals surface area contributed by atoms with Crippen LogP contribution in [0.4, 0.5) is 0 Å². The lowest BCUT2D eigenvalue weighted by molar-refractivity contribution is -0.159. The number of esters is 2. The van der Waals surface area contributed by atoms with Crippen LogP contribution in [0.25, 0.3) is 0 Å². The topological polar surface area (TPSA) is 206 Å². The Balaban J connectivity index is 4.14. The number of carboxylic acids is 1. The maximum atomic E-state index is 12.8. The van der Waals surface area contributed by atoms with Crippen LogP contribution in [0.5, 0.6) is 0 Å². The van der Waals surface area contributed by atoms with Gasteiger partial charge in [0.2, 0.25) is 23.6 Å². The second-order valence-corrected chi connectivity index (χ2v) is 15.0. The van der Waals surface area contributed by atoms with Gasteiger partial charge < -0.3 is 35.8 Å². The van der Waals surface area contributed by atoms with E-state index < -0.39 is 66.5 Å². The Morgan fingerprint density at radius 1 is 0.490 bits per heavy atom. The Kier molecular flexibility index (Phi) is 25.0. The summed E-state index contributed by atoms with van der Waals surface area (Å²) in [6, 6.07) is -1.03. The highest BCUT2D eigenvalue weighted by molar-refractivity contribution is 5.89. The largest absolute Gasteiger partial charge is 0.480 e. The molecule has 0 bridgehead atoms. The molecule has 294 valence electrons. The first-order valence-electron chi connectivity index (χ1n) is 18.6. The minimum absolute atomic E-state index is 0.0262. The first kappa shape index (κ1) is 47.3. The number of hydrogen-bond acceptors (Lipinski definition) is 9. The second kappa shape index (κ2) is 27.0. The lowest BCUT2D eigenvalue weighted by atomic mass is 10.0. The fourth-order valence-corrected chi connectivity index (χ4v) is 4.98. The molecule has 0 aromatic carbocycles. The molecule has 0 aliphatic carbocycles. The molecule has 0 saturated heterocycles. The number of hydrogen-bond donors (Lipinski definition) is 5. The van der Waals surface area contributed by atoms with Gasteiger partial charge in [0.15, 0.2) is 0 Å². The molecule has 0 saturated carbocycles. The van der Waals surface area contributed by atoms with Gasteiger partial charge in [-0.3, -0.25) is 28.8 Å². The van der Waals surface area contributed by atoms with Gasteiger partial charge >= 0.3 is 17.9 Å². The number of carbonyl (C=O) groups excluding carboxylic acids is 6. The summed E-state index contributed by atoms with van der Waals surface area (Å²) < 4.78 is 10.8. The van der Waals surface area contributed by atoms with Crippen LogP contribution >= 0.6 is 0 Å². The van der Waals surface area contributed by atoms with E-state index in [1.165, 1.54) is 44.9 Å². The van der Waals surface area contributed by atoms with E-state index in [2.05, 4.69) is 21.3 Å². The van der Waals surface area contributed by atoms with Crippen molar-refractivity contribution in [3.05, 3.63) is 0 Å². The summed E-state index contributed by atoms with van der Waals surface area (Å²) in [7, 11) is 0. The van der Waals surface area contributed by atoms with E-state index in [4.69, 9.17) is 14.6 Å². The lowest BCUT2D eigenvalue weighted by Crippen LogP contribution is -2.45. The van der Waals surface area contributed by atoms with Crippen molar-refractivity contribution in [1.29, 1.82) is 0 Å². The number of unbranched alkanes of at least 4 members (excludes halogenated alkanes) is 13. The second-order valence-electron chi connectivity index (χ2n) is 15.0. The van der Waals surface area contributed by atoms with Crippen LogP contribution in [0.1, 0.15) is 157 Å². The van der Waals surface area contributed by atoms with E-state index in [-0.39, 0.29) is 31.1 Å². The molecule has 5 N–H and O–H groups in total. The molecule has 0 aliphatic rings. The predicted octanol–water partition coefficient (Wildman–Crippen LogP) is 4.61. The summed E-state index contributed by atoms with van der Waals surface area (Å²) in [6.07, 6.45) is 16.0. The molecular formula is C37H66N4O10. The monoisotopic (exact) mass is 726 g/mol. The Labute approximate surface area is 304 Å². The first-order valence-corrected chi connectivity index (χ1v) is 18.6. The number of nitrogens with one attached hydrogen (secondary N) is 4. The highest BCUT2D eigenvalue weighted by Gasteiger charge is 2.27. The van der Waals surface area contributed by atoms with Crippen LogP contribution in [0, 0.1) is 0 Å². The molecule has 14 heteroatoms. The zero-order valence-corrected chi connectivity index (χ0v) is 32.0. The van der Waals surface area contributed by atoms with Gasteiger partial charge in [-0.2, -0.15) is 0 Å². The van der Waals surface area contributed by atoms with Crippen molar-refractivity contribution in [2.24, 2.45) is 0 Å². The van der Waals surface area contributed by atoms with Crippen molar-refractivity contribution in [1.82, 2.24) is 21.3 Å². The number of amides is 4. The van der Waals surface area contributed by atoms with Gasteiger partial charge in [-0.1, -0.05) is 77.0 Å². The van der Waals surface area contributed by atoms with Gasteiger partial charge in [-0.05, 0) is 60.8 Å². The average Bonchev–Trinajstić information content (AvgIpc) is 3.01. The smallest absolute Gasteiger partial charge is 0.329 e. The van der Waals surface area contributed by atoms with Gasteiger partial charge in [0.25, 0.3) is 0 Å². The molecule has 0 aromatic heterocycles. The van der Waals surface area contributed by atoms with Crippen LogP contribution in [-0.2, 0) is 43.0 Å². The summed E-state index contributed by atoms with van der Waals surface area (Å²) in [5.41, 5.74) is -1.20. The van der Waals surface area contributed by atoms with Crippen molar-refractivity contribution in [2.45, 2.75) is 174 Å². The van der Waals surface area contributed by atoms with Gasteiger partial charge in [0.05, 0.1) is 13.1 Å². The molecule has 0 fully saturated rings. The van der Waals surface area contributed by atoms with Crippen LogP contribution in [0.15, 0.2) is 0 Å². The number of aliphatic carboxylic acids is 1. The molecule has 51 heavy (non-hydrogen) atoms. The molecule has 0 heterocycles. The van der Waals surface area contributed by atoms with Crippen LogP contribution in [0.2, 0.25) is 0 Å². The Morgan fingerprint density at radius 3 is 1.31 bits per heavy atom. The maximum Gasteiger partial charge on any atom is 0.329 e. The molecule has 1 atom stereocenters.